The zero-order chi connectivity index (χ0) is 11.5. The minimum Gasteiger partial charge on any atom is -0.392 e. The summed E-state index contributed by atoms with van der Waals surface area (Å²) in [6, 6.07) is 4.34. The second kappa shape index (κ2) is 5.39. The van der Waals surface area contributed by atoms with Crippen molar-refractivity contribution in [2.75, 3.05) is 11.5 Å². The minimum atomic E-state index is -0.363. The maximum Gasteiger partial charge on any atom is 0.124 e. The van der Waals surface area contributed by atoms with Gasteiger partial charge in [-0.3, -0.25) is 0 Å². The van der Waals surface area contributed by atoms with Crippen LogP contribution in [0.1, 0.15) is 12.0 Å². The van der Waals surface area contributed by atoms with E-state index in [4.69, 9.17) is 11.6 Å². The number of benzene rings is 1. The molecule has 0 amide bonds. The van der Waals surface area contributed by atoms with Crippen LogP contribution >= 0.6 is 23.4 Å². The van der Waals surface area contributed by atoms with Gasteiger partial charge >= 0.3 is 0 Å². The number of hydrogen-bond acceptors (Lipinski definition) is 2. The Balaban J connectivity index is 2.02. The summed E-state index contributed by atoms with van der Waals surface area (Å²) in [5.41, 5.74) is 0.826. The Bertz CT molecular complexity index is 366. The molecule has 2 atom stereocenters. The van der Waals surface area contributed by atoms with E-state index < -0.39 is 0 Å². The topological polar surface area (TPSA) is 20.2 Å². The molecule has 1 heterocycles. The third-order valence-corrected chi connectivity index (χ3v) is 4.49. The standard InChI is InChI=1S/C12H14ClFOS/c13-11-6-10(14)2-1-8(11)5-12(15)9-3-4-16-7-9/h1-2,6,9,12,15H,3-5,7H2. The van der Waals surface area contributed by atoms with Gasteiger partial charge in [-0.2, -0.15) is 11.8 Å². The highest BCUT2D eigenvalue weighted by Gasteiger charge is 2.24. The second-order valence-corrected chi connectivity index (χ2v) is 5.69. The van der Waals surface area contributed by atoms with Crippen LogP contribution in [0.5, 0.6) is 0 Å². The summed E-state index contributed by atoms with van der Waals surface area (Å²) >= 11 is 7.80. The molecule has 1 nitrogen and oxygen atoms in total. The van der Waals surface area contributed by atoms with E-state index in [1.165, 1.54) is 12.1 Å². The maximum atomic E-state index is 12.8. The average molecular weight is 261 g/mol. The molecule has 2 rings (SSSR count). The number of rotatable bonds is 3. The van der Waals surface area contributed by atoms with Gasteiger partial charge in [-0.1, -0.05) is 17.7 Å². The molecule has 0 saturated carbocycles. The van der Waals surface area contributed by atoms with Crippen LogP contribution in [0.25, 0.3) is 0 Å². The van der Waals surface area contributed by atoms with E-state index in [0.29, 0.717) is 17.4 Å². The lowest BCUT2D eigenvalue weighted by atomic mass is 9.96. The van der Waals surface area contributed by atoms with Crippen molar-refractivity contribution in [3.8, 4) is 0 Å². The molecule has 1 aliphatic rings. The third-order valence-electron chi connectivity index (χ3n) is 2.95. The smallest absolute Gasteiger partial charge is 0.124 e. The molecule has 1 fully saturated rings. The number of hydrogen-bond donors (Lipinski definition) is 1. The molecular formula is C12H14ClFOS. The van der Waals surface area contributed by atoms with Crippen LogP contribution in [0.2, 0.25) is 5.02 Å². The molecule has 1 aliphatic heterocycles. The molecule has 0 bridgehead atoms. The molecule has 0 radical (unpaired) electrons. The Morgan fingerprint density at radius 2 is 2.38 bits per heavy atom. The zero-order valence-corrected chi connectivity index (χ0v) is 10.4. The first kappa shape index (κ1) is 12.2. The summed E-state index contributed by atoms with van der Waals surface area (Å²) in [4.78, 5) is 0. The molecular weight excluding hydrogens is 247 g/mol. The molecule has 1 saturated heterocycles. The number of thioether (sulfide) groups is 1. The first-order valence-corrected chi connectivity index (χ1v) is 6.90. The van der Waals surface area contributed by atoms with Crippen molar-refractivity contribution in [3.05, 3.63) is 34.6 Å². The van der Waals surface area contributed by atoms with Gasteiger partial charge < -0.3 is 5.11 Å². The summed E-state index contributed by atoms with van der Waals surface area (Å²) in [6.07, 6.45) is 1.22. The van der Waals surface area contributed by atoms with E-state index in [1.54, 1.807) is 6.07 Å². The van der Waals surface area contributed by atoms with Gasteiger partial charge in [0.15, 0.2) is 0 Å². The summed E-state index contributed by atoms with van der Waals surface area (Å²) in [5.74, 6) is 2.16. The lowest BCUT2D eigenvalue weighted by Gasteiger charge is -2.17. The van der Waals surface area contributed by atoms with Crippen LogP contribution in [-0.4, -0.2) is 22.7 Å². The molecule has 0 spiro atoms. The zero-order valence-electron chi connectivity index (χ0n) is 8.83. The molecule has 16 heavy (non-hydrogen) atoms. The molecule has 1 aromatic carbocycles. The summed E-state index contributed by atoms with van der Waals surface area (Å²) in [5, 5.41) is 10.4. The van der Waals surface area contributed by atoms with E-state index in [-0.39, 0.29) is 11.9 Å². The normalized spacial score (nSPS) is 22.3. The largest absolute Gasteiger partial charge is 0.392 e. The fourth-order valence-corrected chi connectivity index (χ4v) is 3.51. The van der Waals surface area contributed by atoms with Crippen molar-refractivity contribution in [2.24, 2.45) is 5.92 Å². The number of aliphatic hydroxyl groups excluding tert-OH is 1. The molecule has 0 aliphatic carbocycles. The average Bonchev–Trinajstić information content (AvgIpc) is 2.75. The summed E-state index contributed by atoms with van der Waals surface area (Å²) < 4.78 is 12.8. The highest BCUT2D eigenvalue weighted by molar-refractivity contribution is 7.99. The highest BCUT2D eigenvalue weighted by atomic mass is 35.5. The fraction of sp³-hybridized carbons (Fsp3) is 0.500. The Morgan fingerprint density at radius 3 is 3.00 bits per heavy atom. The quantitative estimate of drug-likeness (QED) is 0.901. The van der Waals surface area contributed by atoms with Crippen molar-refractivity contribution in [3.63, 3.8) is 0 Å². The van der Waals surface area contributed by atoms with Crippen molar-refractivity contribution < 1.29 is 9.50 Å². The van der Waals surface area contributed by atoms with Crippen molar-refractivity contribution in [2.45, 2.75) is 18.9 Å². The van der Waals surface area contributed by atoms with E-state index in [0.717, 1.165) is 23.5 Å². The van der Waals surface area contributed by atoms with Crippen LogP contribution in [-0.2, 0) is 6.42 Å². The Labute approximate surface area is 104 Å². The van der Waals surface area contributed by atoms with E-state index in [9.17, 15) is 9.50 Å². The fourth-order valence-electron chi connectivity index (χ4n) is 1.94. The third kappa shape index (κ3) is 2.90. The van der Waals surface area contributed by atoms with Crippen LogP contribution < -0.4 is 0 Å². The molecule has 1 aromatic rings. The predicted octanol–water partition coefficient (Wildman–Crippen LogP) is 3.14. The maximum absolute atomic E-state index is 12.8. The second-order valence-electron chi connectivity index (χ2n) is 4.13. The van der Waals surface area contributed by atoms with Crippen LogP contribution in [0, 0.1) is 11.7 Å². The van der Waals surface area contributed by atoms with Gasteiger partial charge in [0.1, 0.15) is 5.82 Å². The monoisotopic (exact) mass is 260 g/mol. The van der Waals surface area contributed by atoms with Gasteiger partial charge in [-0.15, -0.1) is 0 Å². The van der Waals surface area contributed by atoms with Gasteiger partial charge in [0.2, 0.25) is 0 Å². The van der Waals surface area contributed by atoms with Gasteiger partial charge in [0.25, 0.3) is 0 Å². The van der Waals surface area contributed by atoms with E-state index in [2.05, 4.69) is 0 Å². The lowest BCUT2D eigenvalue weighted by Crippen LogP contribution is -2.22. The molecule has 88 valence electrons. The van der Waals surface area contributed by atoms with E-state index in [1.807, 2.05) is 11.8 Å². The lowest BCUT2D eigenvalue weighted by molar-refractivity contribution is 0.120. The van der Waals surface area contributed by atoms with E-state index >= 15 is 0 Å². The van der Waals surface area contributed by atoms with Crippen molar-refractivity contribution in [1.29, 1.82) is 0 Å². The number of aliphatic hydroxyl groups is 1. The van der Waals surface area contributed by atoms with Crippen molar-refractivity contribution >= 4 is 23.4 Å². The Hall–Kier alpha value is -0.250. The van der Waals surface area contributed by atoms with Gasteiger partial charge in [-0.05, 0) is 41.5 Å². The molecule has 1 N–H and O–H groups in total. The summed E-state index contributed by atoms with van der Waals surface area (Å²) in [6.45, 7) is 0. The van der Waals surface area contributed by atoms with Crippen LogP contribution in [0.3, 0.4) is 0 Å². The minimum absolute atomic E-state index is 0.334. The molecule has 0 aromatic heterocycles. The van der Waals surface area contributed by atoms with Crippen LogP contribution in [0.15, 0.2) is 18.2 Å². The van der Waals surface area contributed by atoms with Gasteiger partial charge in [0.05, 0.1) is 6.10 Å². The summed E-state index contributed by atoms with van der Waals surface area (Å²) in [7, 11) is 0. The predicted molar refractivity (Wildman–Crippen MR) is 66.6 cm³/mol. The van der Waals surface area contributed by atoms with Crippen LogP contribution in [0.4, 0.5) is 4.39 Å². The Kier molecular flexibility index (Phi) is 4.11. The van der Waals surface area contributed by atoms with Gasteiger partial charge in [0, 0.05) is 11.4 Å². The van der Waals surface area contributed by atoms with Gasteiger partial charge in [-0.25, -0.2) is 4.39 Å². The highest BCUT2D eigenvalue weighted by Crippen LogP contribution is 2.29. The SMILES string of the molecule is OC(Cc1ccc(F)cc1Cl)C1CCSC1. The first-order chi connectivity index (χ1) is 7.66. The molecule has 2 unspecified atom stereocenters. The molecule has 4 heteroatoms. The number of halogens is 2. The first-order valence-electron chi connectivity index (χ1n) is 5.36. The Morgan fingerprint density at radius 1 is 1.56 bits per heavy atom. The van der Waals surface area contributed by atoms with Crippen molar-refractivity contribution in [1.82, 2.24) is 0 Å².